The molecule has 0 aliphatic heterocycles. The number of benzene rings is 2. The molecule has 3 rings (SSSR count). The Bertz CT molecular complexity index is 1030. The summed E-state index contributed by atoms with van der Waals surface area (Å²) in [6, 6.07) is 23.2. The minimum absolute atomic E-state index is 0.0406. The summed E-state index contributed by atoms with van der Waals surface area (Å²) in [5.74, 6) is 1.38. The smallest absolute Gasteiger partial charge is 0.318 e. The monoisotopic (exact) mass is 445 g/mol. The molecule has 172 valence electrons. The lowest BCUT2D eigenvalue weighted by molar-refractivity contribution is -0.132. The van der Waals surface area contributed by atoms with Crippen LogP contribution in [0.3, 0.4) is 0 Å². The number of nitrogens with one attached hydrogen (secondary N) is 1. The zero-order valence-corrected chi connectivity index (χ0v) is 19.1. The first kappa shape index (κ1) is 23.9. The predicted molar refractivity (Wildman–Crippen MR) is 129 cm³/mol. The number of hydrogen-bond acceptors (Lipinski definition) is 3. The van der Waals surface area contributed by atoms with Gasteiger partial charge in [0.1, 0.15) is 18.1 Å². The third-order valence-electron chi connectivity index (χ3n) is 5.26. The number of aryl methyl sites for hydroxylation is 1. The lowest BCUT2D eigenvalue weighted by Crippen LogP contribution is -2.46. The van der Waals surface area contributed by atoms with Gasteiger partial charge in [-0.25, -0.2) is 4.79 Å². The number of furan rings is 1. The highest BCUT2D eigenvalue weighted by atomic mass is 16.3. The fourth-order valence-electron chi connectivity index (χ4n) is 3.48. The molecule has 6 nitrogen and oxygen atoms in total. The molecule has 0 atom stereocenters. The summed E-state index contributed by atoms with van der Waals surface area (Å²) in [4.78, 5) is 29.3. The van der Waals surface area contributed by atoms with Gasteiger partial charge in [0, 0.05) is 19.6 Å². The van der Waals surface area contributed by atoms with Gasteiger partial charge in [-0.3, -0.25) is 4.79 Å². The standard InChI is InChI=1S/C27H31N3O3/c1-3-17-30(27(32)28-19-24-12-8-5-9-13-24)21-26(31)29(20-25-15-14-22(2)33-25)18-16-23-10-6-4-7-11-23/h3-15H,1,16-21H2,2H3,(H,28,32). The van der Waals surface area contributed by atoms with Gasteiger partial charge in [0.25, 0.3) is 0 Å². The van der Waals surface area contributed by atoms with E-state index in [4.69, 9.17) is 4.42 Å². The van der Waals surface area contributed by atoms with Crippen molar-refractivity contribution in [2.75, 3.05) is 19.6 Å². The lowest BCUT2D eigenvalue weighted by atomic mass is 10.1. The van der Waals surface area contributed by atoms with Gasteiger partial charge in [-0.05, 0) is 36.6 Å². The van der Waals surface area contributed by atoms with Crippen molar-refractivity contribution in [1.82, 2.24) is 15.1 Å². The van der Waals surface area contributed by atoms with Crippen LogP contribution in [0.4, 0.5) is 4.79 Å². The van der Waals surface area contributed by atoms with Gasteiger partial charge in [0.05, 0.1) is 6.54 Å². The SMILES string of the molecule is C=CCN(CC(=O)N(CCc1ccccc1)Cc1ccc(C)o1)C(=O)NCc1ccccc1. The van der Waals surface area contributed by atoms with Crippen LogP contribution in [0.1, 0.15) is 22.6 Å². The maximum absolute atomic E-state index is 13.3. The minimum atomic E-state index is -0.302. The summed E-state index contributed by atoms with van der Waals surface area (Å²) < 4.78 is 5.70. The molecular weight excluding hydrogens is 414 g/mol. The van der Waals surface area contributed by atoms with E-state index >= 15 is 0 Å². The topological polar surface area (TPSA) is 65.8 Å². The third kappa shape index (κ3) is 7.68. The lowest BCUT2D eigenvalue weighted by Gasteiger charge is -2.27. The zero-order chi connectivity index (χ0) is 23.5. The van der Waals surface area contributed by atoms with Crippen LogP contribution in [0.15, 0.2) is 89.9 Å². The van der Waals surface area contributed by atoms with Crippen molar-refractivity contribution >= 4 is 11.9 Å². The number of carbonyl (C=O) groups is 2. The maximum Gasteiger partial charge on any atom is 0.318 e. The number of carbonyl (C=O) groups excluding carboxylic acids is 2. The van der Waals surface area contributed by atoms with Crippen molar-refractivity contribution in [2.45, 2.75) is 26.4 Å². The molecule has 1 heterocycles. The number of hydrogen-bond donors (Lipinski definition) is 1. The van der Waals surface area contributed by atoms with Gasteiger partial charge in [-0.1, -0.05) is 66.7 Å². The second-order valence-electron chi connectivity index (χ2n) is 7.88. The number of nitrogens with zero attached hydrogens (tertiary/aromatic N) is 2. The number of amides is 3. The predicted octanol–water partition coefficient (Wildman–Crippen LogP) is 4.56. The Labute approximate surface area is 195 Å². The Morgan fingerprint density at radius 1 is 0.939 bits per heavy atom. The summed E-state index contributed by atoms with van der Waals surface area (Å²) in [6.07, 6.45) is 2.34. The largest absolute Gasteiger partial charge is 0.464 e. The van der Waals surface area contributed by atoms with Crippen LogP contribution in [0.2, 0.25) is 0 Å². The quantitative estimate of drug-likeness (QED) is 0.440. The van der Waals surface area contributed by atoms with Crippen LogP contribution in [-0.2, 0) is 24.3 Å². The van der Waals surface area contributed by atoms with Gasteiger partial charge in [0.2, 0.25) is 5.91 Å². The Balaban J connectivity index is 1.65. The molecule has 0 aliphatic rings. The van der Waals surface area contributed by atoms with Crippen LogP contribution in [0.25, 0.3) is 0 Å². The molecule has 0 bridgehead atoms. The molecule has 0 unspecified atom stereocenters. The van der Waals surface area contributed by atoms with Crippen molar-refractivity contribution in [2.24, 2.45) is 0 Å². The van der Waals surface area contributed by atoms with E-state index in [0.717, 1.165) is 22.6 Å². The Morgan fingerprint density at radius 2 is 1.61 bits per heavy atom. The second-order valence-corrected chi connectivity index (χ2v) is 7.88. The van der Waals surface area contributed by atoms with Crippen LogP contribution in [0, 0.1) is 6.92 Å². The van der Waals surface area contributed by atoms with Gasteiger partial charge in [0.15, 0.2) is 0 Å². The van der Waals surface area contributed by atoms with E-state index < -0.39 is 0 Å². The first-order valence-electron chi connectivity index (χ1n) is 11.1. The van der Waals surface area contributed by atoms with Crippen LogP contribution >= 0.6 is 0 Å². The molecule has 1 N–H and O–H groups in total. The zero-order valence-electron chi connectivity index (χ0n) is 19.1. The minimum Gasteiger partial charge on any atom is -0.464 e. The van der Waals surface area contributed by atoms with Crippen LogP contribution in [0.5, 0.6) is 0 Å². The molecule has 0 saturated carbocycles. The van der Waals surface area contributed by atoms with Crippen molar-refractivity contribution in [1.29, 1.82) is 0 Å². The van der Waals surface area contributed by atoms with Crippen LogP contribution in [-0.4, -0.2) is 41.4 Å². The molecule has 2 aromatic carbocycles. The highest BCUT2D eigenvalue weighted by Crippen LogP contribution is 2.12. The molecule has 0 spiro atoms. The molecule has 33 heavy (non-hydrogen) atoms. The summed E-state index contributed by atoms with van der Waals surface area (Å²) in [6.45, 7) is 7.12. The fraction of sp³-hybridized carbons (Fsp3) is 0.259. The van der Waals surface area contributed by atoms with Crippen LogP contribution < -0.4 is 5.32 Å². The van der Waals surface area contributed by atoms with Gasteiger partial charge >= 0.3 is 6.03 Å². The van der Waals surface area contributed by atoms with E-state index in [1.165, 1.54) is 4.90 Å². The van der Waals surface area contributed by atoms with E-state index in [-0.39, 0.29) is 25.0 Å². The van der Waals surface area contributed by atoms with Crippen molar-refractivity contribution in [3.8, 4) is 0 Å². The number of urea groups is 1. The van der Waals surface area contributed by atoms with Crippen molar-refractivity contribution < 1.29 is 14.0 Å². The normalized spacial score (nSPS) is 10.5. The maximum atomic E-state index is 13.3. The summed E-state index contributed by atoms with van der Waals surface area (Å²) in [5.41, 5.74) is 2.14. The van der Waals surface area contributed by atoms with E-state index in [9.17, 15) is 9.59 Å². The van der Waals surface area contributed by atoms with E-state index in [1.807, 2.05) is 79.7 Å². The van der Waals surface area contributed by atoms with E-state index in [0.29, 0.717) is 26.1 Å². The van der Waals surface area contributed by atoms with Gasteiger partial charge in [-0.2, -0.15) is 0 Å². The van der Waals surface area contributed by atoms with Crippen molar-refractivity contribution in [3.05, 3.63) is 108 Å². The molecule has 3 aromatic rings. The Hall–Kier alpha value is -3.80. The fourth-order valence-corrected chi connectivity index (χ4v) is 3.48. The third-order valence-corrected chi connectivity index (χ3v) is 5.26. The molecule has 6 heteroatoms. The Kier molecular flexibility index (Phi) is 8.88. The average Bonchev–Trinajstić information content (AvgIpc) is 3.25. The van der Waals surface area contributed by atoms with E-state index in [2.05, 4.69) is 11.9 Å². The molecule has 0 radical (unpaired) electrons. The summed E-state index contributed by atoms with van der Waals surface area (Å²) in [7, 11) is 0. The molecule has 0 fully saturated rings. The van der Waals surface area contributed by atoms with E-state index in [1.54, 1.807) is 11.0 Å². The molecule has 0 aliphatic carbocycles. The first-order chi connectivity index (χ1) is 16.0. The molecule has 3 amide bonds. The van der Waals surface area contributed by atoms with Gasteiger partial charge in [-0.15, -0.1) is 6.58 Å². The second kappa shape index (κ2) is 12.3. The summed E-state index contributed by atoms with van der Waals surface area (Å²) >= 11 is 0. The molecular formula is C27H31N3O3. The summed E-state index contributed by atoms with van der Waals surface area (Å²) in [5, 5.41) is 2.89. The van der Waals surface area contributed by atoms with Gasteiger partial charge < -0.3 is 19.5 Å². The van der Waals surface area contributed by atoms with Crippen molar-refractivity contribution in [3.63, 3.8) is 0 Å². The Morgan fingerprint density at radius 3 is 2.21 bits per heavy atom. The number of rotatable bonds is 11. The highest BCUT2D eigenvalue weighted by molar-refractivity contribution is 5.84. The first-order valence-corrected chi connectivity index (χ1v) is 11.1. The highest BCUT2D eigenvalue weighted by Gasteiger charge is 2.21. The molecule has 1 aromatic heterocycles. The average molecular weight is 446 g/mol. The molecule has 0 saturated heterocycles.